The van der Waals surface area contributed by atoms with Crippen LogP contribution in [0.25, 0.3) is 11.0 Å². The van der Waals surface area contributed by atoms with E-state index in [9.17, 15) is 22.8 Å². The molecule has 3 rings (SSSR count). The van der Waals surface area contributed by atoms with Gasteiger partial charge in [0.15, 0.2) is 5.43 Å². The van der Waals surface area contributed by atoms with Crippen molar-refractivity contribution in [1.29, 1.82) is 0 Å². The lowest BCUT2D eigenvalue weighted by molar-refractivity contribution is 0.215. The summed E-state index contributed by atoms with van der Waals surface area (Å²) in [7, 11) is -1.98. The van der Waals surface area contributed by atoms with Crippen molar-refractivity contribution in [2.24, 2.45) is 7.05 Å². The van der Waals surface area contributed by atoms with E-state index in [1.807, 2.05) is 34.9 Å². The number of aromatic nitrogens is 3. The second-order valence-electron chi connectivity index (χ2n) is 8.33. The molecular formula is C23H29N3O6S. The summed E-state index contributed by atoms with van der Waals surface area (Å²) in [6.07, 6.45) is 1.97. The molecule has 0 aliphatic heterocycles. The molecule has 0 N–H and O–H groups in total. The summed E-state index contributed by atoms with van der Waals surface area (Å²) in [6.45, 7) is 3.97. The van der Waals surface area contributed by atoms with Gasteiger partial charge in [0, 0.05) is 31.9 Å². The quantitative estimate of drug-likeness (QED) is 0.345. The Morgan fingerprint density at radius 3 is 2.33 bits per heavy atom. The second kappa shape index (κ2) is 9.88. The Bertz CT molecular complexity index is 1440. The Labute approximate surface area is 192 Å². The molecule has 10 heteroatoms. The molecule has 0 radical (unpaired) electrons. The van der Waals surface area contributed by atoms with Crippen molar-refractivity contribution < 1.29 is 12.6 Å². The smallest absolute Gasteiger partial charge is 0.326 e. The number of rotatable bonds is 9. The maximum absolute atomic E-state index is 13.2. The predicted octanol–water partition coefficient (Wildman–Crippen LogP) is 1.75. The third-order valence-electron chi connectivity index (χ3n) is 5.55. The third-order valence-corrected chi connectivity index (χ3v) is 6.23. The topological polar surface area (TPSA) is 109 Å². The molecule has 2 aromatic heterocycles. The predicted molar refractivity (Wildman–Crippen MR) is 127 cm³/mol. The minimum absolute atomic E-state index is 0.0209. The fraction of sp³-hybridized carbons (Fsp3) is 0.435. The summed E-state index contributed by atoms with van der Waals surface area (Å²) < 4.78 is 31.5. The number of hydrogen-bond acceptors (Lipinski definition) is 6. The lowest BCUT2D eigenvalue weighted by atomic mass is 10.1. The highest BCUT2D eigenvalue weighted by Crippen LogP contribution is 2.12. The van der Waals surface area contributed by atoms with Crippen molar-refractivity contribution in [1.82, 2.24) is 13.7 Å². The highest BCUT2D eigenvalue weighted by molar-refractivity contribution is 7.86. The lowest BCUT2D eigenvalue weighted by Crippen LogP contribution is -2.42. The first-order valence-corrected chi connectivity index (χ1v) is 12.6. The molecule has 1 atom stereocenters. The van der Waals surface area contributed by atoms with Crippen molar-refractivity contribution >= 4 is 21.2 Å². The molecule has 0 aliphatic carbocycles. The molecule has 0 unspecified atom stereocenters. The van der Waals surface area contributed by atoms with E-state index in [0.29, 0.717) is 37.1 Å². The lowest BCUT2D eigenvalue weighted by Gasteiger charge is -2.18. The van der Waals surface area contributed by atoms with E-state index >= 15 is 0 Å². The van der Waals surface area contributed by atoms with Crippen molar-refractivity contribution in [2.75, 3.05) is 6.26 Å². The summed E-state index contributed by atoms with van der Waals surface area (Å²) in [4.78, 5) is 39.0. The van der Waals surface area contributed by atoms with Crippen LogP contribution in [0.3, 0.4) is 0 Å². The van der Waals surface area contributed by atoms with Gasteiger partial charge in [-0.25, -0.2) is 4.79 Å². The molecule has 0 amide bonds. The second-order valence-corrected chi connectivity index (χ2v) is 9.93. The molecule has 0 bridgehead atoms. The summed E-state index contributed by atoms with van der Waals surface area (Å²) in [5.41, 5.74) is 0.401. The minimum atomic E-state index is -3.54. The van der Waals surface area contributed by atoms with Gasteiger partial charge < -0.3 is 4.57 Å². The summed E-state index contributed by atoms with van der Waals surface area (Å²) in [5, 5.41) is -0.0209. The van der Waals surface area contributed by atoms with E-state index in [1.165, 1.54) is 10.6 Å². The van der Waals surface area contributed by atoms with E-state index in [4.69, 9.17) is 4.18 Å². The largest absolute Gasteiger partial charge is 0.332 e. The molecule has 3 aromatic rings. The van der Waals surface area contributed by atoms with E-state index in [-0.39, 0.29) is 11.9 Å². The van der Waals surface area contributed by atoms with Crippen LogP contribution in [0.1, 0.15) is 37.4 Å². The summed E-state index contributed by atoms with van der Waals surface area (Å²) in [6, 6.07) is 11.0. The zero-order valence-electron chi connectivity index (χ0n) is 19.3. The van der Waals surface area contributed by atoms with Crippen LogP contribution in [-0.2, 0) is 34.4 Å². The fourth-order valence-electron chi connectivity index (χ4n) is 4.01. The summed E-state index contributed by atoms with van der Waals surface area (Å²) >= 11 is 0. The minimum Gasteiger partial charge on any atom is -0.326 e. The van der Waals surface area contributed by atoms with Crippen LogP contribution < -0.4 is 16.7 Å². The Kier molecular flexibility index (Phi) is 7.38. The highest BCUT2D eigenvalue weighted by atomic mass is 32.2. The Morgan fingerprint density at radius 2 is 1.70 bits per heavy atom. The van der Waals surface area contributed by atoms with Gasteiger partial charge in [0.2, 0.25) is 0 Å². The molecule has 0 aliphatic rings. The zero-order chi connectivity index (χ0) is 24.3. The van der Waals surface area contributed by atoms with Crippen molar-refractivity contribution in [3.63, 3.8) is 0 Å². The first-order chi connectivity index (χ1) is 15.5. The molecule has 0 saturated carbocycles. The van der Waals surface area contributed by atoms with E-state index in [2.05, 4.69) is 0 Å². The van der Waals surface area contributed by atoms with Gasteiger partial charge in [-0.15, -0.1) is 0 Å². The Hall–Kier alpha value is -2.98. The van der Waals surface area contributed by atoms with Gasteiger partial charge in [0.05, 0.1) is 12.4 Å². The number of pyridine rings is 1. The molecule has 2 heterocycles. The Balaban J connectivity index is 1.95. The van der Waals surface area contributed by atoms with Gasteiger partial charge in [-0.05, 0) is 38.7 Å². The van der Waals surface area contributed by atoms with E-state index in [0.717, 1.165) is 16.4 Å². The first-order valence-electron chi connectivity index (χ1n) is 10.8. The van der Waals surface area contributed by atoms with Crippen molar-refractivity contribution in [3.05, 3.63) is 78.7 Å². The van der Waals surface area contributed by atoms with E-state index in [1.54, 1.807) is 20.9 Å². The highest BCUT2D eigenvalue weighted by Gasteiger charge is 2.18. The molecule has 0 fully saturated rings. The fourth-order valence-corrected chi connectivity index (χ4v) is 4.70. The number of fused-ring (bicyclic) bond motifs is 1. The number of benzene rings is 1. The standard InChI is InChI=1S/C23H29N3O6S/c1-16-14-19(27)20-21(26(16)15-18-11-6-5-7-12-18)24(3)23(29)25(22(20)28)13-9-8-10-17(2)32-33(4,30)31/h5-7,11-12,14,17H,8-10,13,15H2,1-4H3/t17-/m0/s1. The van der Waals surface area contributed by atoms with Gasteiger partial charge in [0.1, 0.15) is 11.0 Å². The van der Waals surface area contributed by atoms with Gasteiger partial charge in [-0.2, -0.15) is 8.42 Å². The molecule has 0 spiro atoms. The van der Waals surface area contributed by atoms with Crippen molar-refractivity contribution in [3.8, 4) is 0 Å². The number of nitrogens with zero attached hydrogens (tertiary/aromatic N) is 3. The monoisotopic (exact) mass is 475 g/mol. The van der Waals surface area contributed by atoms with Crippen molar-refractivity contribution in [2.45, 2.75) is 52.3 Å². The average molecular weight is 476 g/mol. The number of hydrogen-bond donors (Lipinski definition) is 0. The van der Waals surface area contributed by atoms with Crippen LogP contribution in [0.15, 0.2) is 50.8 Å². The molecule has 9 nitrogen and oxygen atoms in total. The van der Waals surface area contributed by atoms with Crippen LogP contribution in [0, 0.1) is 6.92 Å². The average Bonchev–Trinajstić information content (AvgIpc) is 2.72. The zero-order valence-corrected chi connectivity index (χ0v) is 20.1. The van der Waals surface area contributed by atoms with E-state index < -0.39 is 32.9 Å². The first kappa shape index (κ1) is 24.7. The molecule has 0 saturated heterocycles. The Morgan fingerprint density at radius 1 is 1.03 bits per heavy atom. The molecule has 33 heavy (non-hydrogen) atoms. The molecule has 178 valence electrons. The third kappa shape index (κ3) is 5.69. The van der Waals surface area contributed by atoms with Crippen LogP contribution in [0.4, 0.5) is 0 Å². The van der Waals surface area contributed by atoms with Crippen LogP contribution in [0.2, 0.25) is 0 Å². The van der Waals surface area contributed by atoms with Gasteiger partial charge in [0.25, 0.3) is 15.7 Å². The van der Waals surface area contributed by atoms with Gasteiger partial charge >= 0.3 is 5.69 Å². The SMILES string of the molecule is Cc1cc(=O)c2c(=O)n(CCCC[C@H](C)OS(C)(=O)=O)c(=O)n(C)c2n1Cc1ccccc1. The summed E-state index contributed by atoms with van der Waals surface area (Å²) in [5.74, 6) is 0. The normalized spacial score (nSPS) is 12.8. The molecule has 1 aromatic carbocycles. The number of unbranched alkanes of at least 4 members (excludes halogenated alkanes) is 1. The van der Waals surface area contributed by atoms with Crippen LogP contribution >= 0.6 is 0 Å². The maximum atomic E-state index is 13.2. The van der Waals surface area contributed by atoms with Gasteiger partial charge in [-0.3, -0.25) is 22.9 Å². The maximum Gasteiger partial charge on any atom is 0.332 e. The van der Waals surface area contributed by atoms with Gasteiger partial charge in [-0.1, -0.05) is 30.3 Å². The van der Waals surface area contributed by atoms with Crippen LogP contribution in [0.5, 0.6) is 0 Å². The molecular weight excluding hydrogens is 446 g/mol. The number of aryl methyl sites for hydroxylation is 2. The van der Waals surface area contributed by atoms with Crippen LogP contribution in [-0.4, -0.2) is 34.5 Å².